The number of nitrogens with zero attached hydrogens (tertiary/aromatic N) is 3. The highest BCUT2D eigenvalue weighted by Gasteiger charge is 2.25. The van der Waals surface area contributed by atoms with Crippen molar-refractivity contribution in [3.05, 3.63) is 63.1 Å². The van der Waals surface area contributed by atoms with E-state index in [-0.39, 0.29) is 23.8 Å². The molecule has 4 rings (SSSR count). The Kier molecular flexibility index (Phi) is 5.55. The predicted molar refractivity (Wildman–Crippen MR) is 114 cm³/mol. The number of nitro groups is 1. The summed E-state index contributed by atoms with van der Waals surface area (Å²) < 4.78 is 1.21. The van der Waals surface area contributed by atoms with Crippen LogP contribution in [0.1, 0.15) is 29.3 Å². The van der Waals surface area contributed by atoms with Crippen LogP contribution >= 0.6 is 11.3 Å². The van der Waals surface area contributed by atoms with Gasteiger partial charge in [-0.25, -0.2) is 4.98 Å². The number of thiazole rings is 1. The van der Waals surface area contributed by atoms with E-state index in [0.29, 0.717) is 11.5 Å². The molecule has 1 aliphatic rings. The lowest BCUT2D eigenvalue weighted by Gasteiger charge is -2.30. The lowest BCUT2D eigenvalue weighted by atomic mass is 9.97. The standard InChI is InChI=1S/C21H22N4O3S/c1-14-5-4-7-17(25(27)28)20(14)23-19(26)13-24-11-9-15(10-12-24)21-22-16-6-2-3-8-18(16)29-21/h2-8,15H,9-13H2,1H3,(H,23,26). The molecule has 150 valence electrons. The molecule has 0 bridgehead atoms. The summed E-state index contributed by atoms with van der Waals surface area (Å²) in [7, 11) is 0. The van der Waals surface area contributed by atoms with Crippen LogP contribution in [-0.2, 0) is 4.79 Å². The second-order valence-corrected chi connectivity index (χ2v) is 8.41. The number of anilines is 1. The molecule has 0 spiro atoms. The molecule has 1 N–H and O–H groups in total. The second-order valence-electron chi connectivity index (χ2n) is 7.34. The molecule has 0 aliphatic carbocycles. The lowest BCUT2D eigenvalue weighted by molar-refractivity contribution is -0.384. The highest BCUT2D eigenvalue weighted by Crippen LogP contribution is 2.34. The smallest absolute Gasteiger partial charge is 0.293 e. The van der Waals surface area contributed by atoms with Gasteiger partial charge in [-0.2, -0.15) is 0 Å². The number of para-hydroxylation sites is 2. The summed E-state index contributed by atoms with van der Waals surface area (Å²) in [5.41, 5.74) is 1.94. The lowest BCUT2D eigenvalue weighted by Crippen LogP contribution is -2.38. The Labute approximate surface area is 172 Å². The maximum Gasteiger partial charge on any atom is 0.293 e. The summed E-state index contributed by atoms with van der Waals surface area (Å²) in [5, 5.41) is 15.1. The van der Waals surface area contributed by atoms with Gasteiger partial charge in [0.25, 0.3) is 5.69 Å². The monoisotopic (exact) mass is 410 g/mol. The molecule has 1 amide bonds. The fourth-order valence-corrected chi connectivity index (χ4v) is 4.89. The maximum atomic E-state index is 12.5. The number of nitro benzene ring substituents is 1. The molecule has 2 heterocycles. The van der Waals surface area contributed by atoms with Crippen molar-refractivity contribution in [2.75, 3.05) is 25.0 Å². The minimum atomic E-state index is -0.466. The molecule has 1 fully saturated rings. The summed E-state index contributed by atoms with van der Waals surface area (Å²) in [6.07, 6.45) is 1.91. The molecular formula is C21H22N4O3S. The largest absolute Gasteiger partial charge is 0.319 e. The minimum Gasteiger partial charge on any atom is -0.319 e. The summed E-state index contributed by atoms with van der Waals surface area (Å²) in [5.74, 6) is 0.199. The number of carbonyl (C=O) groups excluding carboxylic acids is 1. The van der Waals surface area contributed by atoms with Gasteiger partial charge in [-0.1, -0.05) is 24.3 Å². The van der Waals surface area contributed by atoms with Gasteiger partial charge in [-0.3, -0.25) is 19.8 Å². The Bertz CT molecular complexity index is 1020. The molecule has 0 unspecified atom stereocenters. The Balaban J connectivity index is 1.35. The van der Waals surface area contributed by atoms with Gasteiger partial charge in [0.1, 0.15) is 5.69 Å². The van der Waals surface area contributed by atoms with Crippen molar-refractivity contribution in [2.45, 2.75) is 25.7 Å². The van der Waals surface area contributed by atoms with E-state index in [1.54, 1.807) is 30.4 Å². The van der Waals surface area contributed by atoms with Gasteiger partial charge in [0.15, 0.2) is 0 Å². The van der Waals surface area contributed by atoms with Crippen LogP contribution in [0.4, 0.5) is 11.4 Å². The number of aromatic nitrogens is 1. The van der Waals surface area contributed by atoms with E-state index in [0.717, 1.165) is 31.4 Å². The fourth-order valence-electron chi connectivity index (χ4n) is 3.75. The number of fused-ring (bicyclic) bond motifs is 1. The molecule has 1 aromatic heterocycles. The van der Waals surface area contributed by atoms with Crippen molar-refractivity contribution in [3.8, 4) is 0 Å². The molecule has 3 aromatic rings. The Morgan fingerprint density at radius 3 is 2.72 bits per heavy atom. The van der Waals surface area contributed by atoms with Crippen molar-refractivity contribution in [3.63, 3.8) is 0 Å². The van der Waals surface area contributed by atoms with E-state index in [4.69, 9.17) is 4.98 Å². The van der Waals surface area contributed by atoms with Crippen LogP contribution in [0.2, 0.25) is 0 Å². The third kappa shape index (κ3) is 4.28. The first-order valence-corrected chi connectivity index (χ1v) is 10.4. The topological polar surface area (TPSA) is 88.4 Å². The average Bonchev–Trinajstić information content (AvgIpc) is 3.14. The first-order valence-electron chi connectivity index (χ1n) is 9.63. The first kappa shape index (κ1) is 19.5. The Hall–Kier alpha value is -2.84. The number of rotatable bonds is 5. The van der Waals surface area contributed by atoms with Gasteiger partial charge < -0.3 is 5.32 Å². The second kappa shape index (κ2) is 8.26. The number of hydrogen-bond donors (Lipinski definition) is 1. The van der Waals surface area contributed by atoms with Gasteiger partial charge >= 0.3 is 0 Å². The minimum absolute atomic E-state index is 0.0760. The molecule has 7 nitrogen and oxygen atoms in total. The van der Waals surface area contributed by atoms with Crippen molar-refractivity contribution < 1.29 is 9.72 Å². The summed E-state index contributed by atoms with van der Waals surface area (Å²) >= 11 is 1.75. The zero-order valence-electron chi connectivity index (χ0n) is 16.1. The van der Waals surface area contributed by atoms with Crippen LogP contribution in [0.3, 0.4) is 0 Å². The Morgan fingerprint density at radius 1 is 1.24 bits per heavy atom. The van der Waals surface area contributed by atoms with Gasteiger partial charge in [-0.05, 0) is 50.6 Å². The fraction of sp³-hybridized carbons (Fsp3) is 0.333. The quantitative estimate of drug-likeness (QED) is 0.500. The molecule has 2 aromatic carbocycles. The van der Waals surface area contributed by atoms with Crippen LogP contribution < -0.4 is 5.32 Å². The number of hydrogen-bond acceptors (Lipinski definition) is 6. The number of amides is 1. The van der Waals surface area contributed by atoms with Crippen molar-refractivity contribution in [1.29, 1.82) is 0 Å². The Morgan fingerprint density at radius 2 is 2.00 bits per heavy atom. The average molecular weight is 410 g/mol. The normalized spacial score (nSPS) is 15.5. The van der Waals surface area contributed by atoms with Crippen LogP contribution in [-0.4, -0.2) is 40.3 Å². The van der Waals surface area contributed by atoms with Crippen LogP contribution in [0.25, 0.3) is 10.2 Å². The molecule has 0 radical (unpaired) electrons. The SMILES string of the molecule is Cc1cccc([N+](=O)[O-])c1NC(=O)CN1CCC(c2nc3ccccc3s2)CC1. The van der Waals surface area contributed by atoms with E-state index in [1.165, 1.54) is 15.8 Å². The van der Waals surface area contributed by atoms with Crippen LogP contribution in [0.5, 0.6) is 0 Å². The molecule has 29 heavy (non-hydrogen) atoms. The van der Waals surface area contributed by atoms with E-state index in [1.807, 2.05) is 18.2 Å². The van der Waals surface area contributed by atoms with Crippen molar-refractivity contribution >= 4 is 38.8 Å². The van der Waals surface area contributed by atoms with Crippen molar-refractivity contribution in [1.82, 2.24) is 9.88 Å². The van der Waals surface area contributed by atoms with Crippen LogP contribution in [0.15, 0.2) is 42.5 Å². The number of piperidine rings is 1. The van der Waals surface area contributed by atoms with Gasteiger partial charge in [0, 0.05) is 12.0 Å². The number of carbonyl (C=O) groups is 1. The van der Waals surface area contributed by atoms with E-state index < -0.39 is 4.92 Å². The number of aryl methyl sites for hydroxylation is 1. The zero-order valence-corrected chi connectivity index (χ0v) is 16.9. The molecule has 8 heteroatoms. The summed E-state index contributed by atoms with van der Waals surface area (Å²) in [4.78, 5) is 30.1. The van der Waals surface area contributed by atoms with Gasteiger partial charge in [0.2, 0.25) is 5.91 Å². The number of likely N-dealkylation sites (tertiary alicyclic amines) is 1. The summed E-state index contributed by atoms with van der Waals surface area (Å²) in [6.45, 7) is 3.61. The maximum absolute atomic E-state index is 12.5. The molecule has 1 saturated heterocycles. The zero-order chi connectivity index (χ0) is 20.4. The highest BCUT2D eigenvalue weighted by molar-refractivity contribution is 7.18. The number of benzene rings is 2. The third-order valence-corrected chi connectivity index (χ3v) is 6.53. The summed E-state index contributed by atoms with van der Waals surface area (Å²) in [6, 6.07) is 13.0. The van der Waals surface area contributed by atoms with E-state index in [2.05, 4.69) is 16.3 Å². The van der Waals surface area contributed by atoms with Gasteiger partial charge in [-0.15, -0.1) is 11.3 Å². The third-order valence-electron chi connectivity index (χ3n) is 5.33. The predicted octanol–water partition coefficient (Wildman–Crippen LogP) is 4.33. The molecule has 0 saturated carbocycles. The number of nitrogens with one attached hydrogen (secondary N) is 1. The van der Waals surface area contributed by atoms with E-state index >= 15 is 0 Å². The first-order chi connectivity index (χ1) is 14.0. The molecule has 0 atom stereocenters. The molecular weight excluding hydrogens is 388 g/mol. The van der Waals surface area contributed by atoms with Gasteiger partial charge in [0.05, 0.1) is 26.7 Å². The highest BCUT2D eigenvalue weighted by atomic mass is 32.1. The molecule has 1 aliphatic heterocycles. The van der Waals surface area contributed by atoms with Crippen molar-refractivity contribution in [2.24, 2.45) is 0 Å². The van der Waals surface area contributed by atoms with E-state index in [9.17, 15) is 14.9 Å². The van der Waals surface area contributed by atoms with Crippen LogP contribution in [0, 0.1) is 17.0 Å².